The van der Waals surface area contributed by atoms with Gasteiger partial charge in [0.1, 0.15) is 11.5 Å². The van der Waals surface area contributed by atoms with Gasteiger partial charge in [-0.1, -0.05) is 29.3 Å². The van der Waals surface area contributed by atoms with E-state index in [4.69, 9.17) is 21.1 Å². The van der Waals surface area contributed by atoms with Gasteiger partial charge in [0.15, 0.2) is 0 Å². The zero-order valence-corrected chi connectivity index (χ0v) is 21.0. The Kier molecular flexibility index (Phi) is 8.19. The van der Waals surface area contributed by atoms with Crippen LogP contribution in [0.3, 0.4) is 0 Å². The van der Waals surface area contributed by atoms with Gasteiger partial charge in [0.25, 0.3) is 5.91 Å². The minimum absolute atomic E-state index is 0.0210. The first kappa shape index (κ1) is 25.6. The lowest BCUT2D eigenvalue weighted by molar-refractivity contribution is 0.102. The summed E-state index contributed by atoms with van der Waals surface area (Å²) in [6, 6.07) is 16.5. The zero-order valence-electron chi connectivity index (χ0n) is 19.5. The van der Waals surface area contributed by atoms with Gasteiger partial charge < -0.3 is 14.8 Å². The molecule has 0 aliphatic rings. The molecule has 0 unspecified atom stereocenters. The molecule has 0 spiro atoms. The molecule has 1 N–H and O–H groups in total. The van der Waals surface area contributed by atoms with Crippen molar-refractivity contribution >= 4 is 33.2 Å². The van der Waals surface area contributed by atoms with Crippen LogP contribution < -0.4 is 14.8 Å². The number of benzene rings is 3. The molecule has 0 heterocycles. The number of hydrogen-bond donors (Lipinski definition) is 1. The van der Waals surface area contributed by atoms with Crippen molar-refractivity contribution in [2.45, 2.75) is 25.3 Å². The van der Waals surface area contributed by atoms with Gasteiger partial charge in [-0.05, 0) is 62.4 Å². The minimum Gasteiger partial charge on any atom is -0.495 e. The highest BCUT2D eigenvalue weighted by Gasteiger charge is 2.23. The predicted molar refractivity (Wildman–Crippen MR) is 133 cm³/mol. The van der Waals surface area contributed by atoms with E-state index >= 15 is 0 Å². The Labute approximate surface area is 205 Å². The van der Waals surface area contributed by atoms with E-state index in [0.717, 1.165) is 5.56 Å². The number of ether oxygens (including phenoxy) is 2. The van der Waals surface area contributed by atoms with Crippen LogP contribution in [0.5, 0.6) is 11.5 Å². The number of rotatable bonds is 9. The number of methoxy groups -OCH3 is 1. The normalized spacial score (nSPS) is 11.4. The maximum Gasteiger partial charge on any atom is 0.255 e. The molecule has 0 fully saturated rings. The topological polar surface area (TPSA) is 84.9 Å². The third-order valence-electron chi connectivity index (χ3n) is 5.15. The second-order valence-electron chi connectivity index (χ2n) is 7.63. The second kappa shape index (κ2) is 10.9. The number of carbonyl (C=O) groups excluding carboxylic acids is 1. The first-order valence-corrected chi connectivity index (χ1v) is 12.4. The molecular formula is C25H27ClN2O5S. The fourth-order valence-electron chi connectivity index (χ4n) is 3.33. The minimum atomic E-state index is -3.74. The van der Waals surface area contributed by atoms with Crippen LogP contribution in [0.25, 0.3) is 0 Å². The third-order valence-corrected chi connectivity index (χ3v) is 7.21. The molecule has 3 aromatic rings. The number of halogens is 1. The van der Waals surface area contributed by atoms with Crippen molar-refractivity contribution in [1.29, 1.82) is 0 Å². The Morgan fingerprint density at radius 3 is 2.35 bits per heavy atom. The van der Waals surface area contributed by atoms with Crippen LogP contribution in [0.2, 0.25) is 5.02 Å². The van der Waals surface area contributed by atoms with Crippen molar-refractivity contribution in [2.24, 2.45) is 0 Å². The number of sulfonamides is 1. The summed E-state index contributed by atoms with van der Waals surface area (Å²) >= 11 is 6.06. The van der Waals surface area contributed by atoms with E-state index in [1.807, 2.05) is 13.8 Å². The van der Waals surface area contributed by atoms with Crippen molar-refractivity contribution in [1.82, 2.24) is 4.31 Å². The molecule has 9 heteroatoms. The summed E-state index contributed by atoms with van der Waals surface area (Å²) in [4.78, 5) is 13.2. The van der Waals surface area contributed by atoms with E-state index in [2.05, 4.69) is 5.32 Å². The lowest BCUT2D eigenvalue weighted by atomic mass is 10.1. The Bertz CT molecular complexity index is 1280. The molecule has 7 nitrogen and oxygen atoms in total. The maximum atomic E-state index is 13.1. The number of nitrogens with zero attached hydrogens (tertiary/aromatic N) is 1. The molecule has 1 amide bonds. The van der Waals surface area contributed by atoms with Crippen LogP contribution in [-0.2, 0) is 16.6 Å². The lowest BCUT2D eigenvalue weighted by Gasteiger charge is -2.20. The van der Waals surface area contributed by atoms with Crippen LogP contribution in [0.15, 0.2) is 65.6 Å². The first-order chi connectivity index (χ1) is 16.1. The molecule has 0 saturated heterocycles. The first-order valence-electron chi connectivity index (χ1n) is 10.6. The van der Waals surface area contributed by atoms with Crippen LogP contribution in [0.4, 0.5) is 5.69 Å². The van der Waals surface area contributed by atoms with Gasteiger partial charge in [-0.2, -0.15) is 4.31 Å². The van der Waals surface area contributed by atoms with E-state index in [0.29, 0.717) is 39.9 Å². The monoisotopic (exact) mass is 502 g/mol. The summed E-state index contributed by atoms with van der Waals surface area (Å²) in [5.41, 5.74) is 2.29. The van der Waals surface area contributed by atoms with E-state index in [9.17, 15) is 13.2 Å². The molecule has 3 rings (SSSR count). The molecule has 0 radical (unpaired) electrons. The van der Waals surface area contributed by atoms with Crippen LogP contribution in [0.1, 0.15) is 28.4 Å². The quantitative estimate of drug-likeness (QED) is 0.438. The SMILES string of the molecule is CCOc1ccc(C(=O)Nc2cc(Cl)ccc2OC)cc1CN(C)S(=O)(=O)c1ccc(C)cc1. The van der Waals surface area contributed by atoms with Crippen molar-refractivity contribution in [3.8, 4) is 11.5 Å². The predicted octanol–water partition coefficient (Wildman–Crippen LogP) is 5.13. The molecule has 0 bridgehead atoms. The summed E-state index contributed by atoms with van der Waals surface area (Å²) in [5, 5.41) is 3.24. The molecule has 180 valence electrons. The summed E-state index contributed by atoms with van der Waals surface area (Å²) in [7, 11) is -0.742. The Morgan fingerprint density at radius 2 is 1.71 bits per heavy atom. The summed E-state index contributed by atoms with van der Waals surface area (Å²) in [5.74, 6) is 0.576. The maximum absolute atomic E-state index is 13.1. The van der Waals surface area contributed by atoms with Gasteiger partial charge in [0.2, 0.25) is 10.0 Å². The van der Waals surface area contributed by atoms with Crippen LogP contribution >= 0.6 is 11.6 Å². The van der Waals surface area contributed by atoms with Gasteiger partial charge in [-0.25, -0.2) is 8.42 Å². The Balaban J connectivity index is 1.89. The van der Waals surface area contributed by atoms with Crippen LogP contribution in [-0.4, -0.2) is 39.4 Å². The van der Waals surface area contributed by atoms with Gasteiger partial charge in [0.05, 0.1) is 24.3 Å². The molecule has 34 heavy (non-hydrogen) atoms. The van der Waals surface area contributed by atoms with Gasteiger partial charge in [-0.3, -0.25) is 4.79 Å². The summed E-state index contributed by atoms with van der Waals surface area (Å²) in [6.45, 7) is 4.15. The van der Waals surface area contributed by atoms with Gasteiger partial charge in [-0.15, -0.1) is 0 Å². The van der Waals surface area contributed by atoms with Gasteiger partial charge >= 0.3 is 0 Å². The number of hydrogen-bond acceptors (Lipinski definition) is 5. The Hall–Kier alpha value is -3.07. The molecule has 3 aromatic carbocycles. The highest BCUT2D eigenvalue weighted by atomic mass is 35.5. The van der Waals surface area contributed by atoms with E-state index in [1.54, 1.807) is 60.7 Å². The van der Waals surface area contributed by atoms with Crippen molar-refractivity contribution in [3.63, 3.8) is 0 Å². The fourth-order valence-corrected chi connectivity index (χ4v) is 4.65. The largest absolute Gasteiger partial charge is 0.495 e. The second-order valence-corrected chi connectivity index (χ2v) is 10.1. The van der Waals surface area contributed by atoms with E-state index < -0.39 is 15.9 Å². The number of amides is 1. The third kappa shape index (κ3) is 5.88. The molecular weight excluding hydrogens is 476 g/mol. The highest BCUT2D eigenvalue weighted by Crippen LogP contribution is 2.29. The molecule has 0 atom stereocenters. The molecule has 0 aliphatic carbocycles. The van der Waals surface area contributed by atoms with Crippen LogP contribution in [0, 0.1) is 6.92 Å². The van der Waals surface area contributed by atoms with Crippen molar-refractivity contribution in [2.75, 3.05) is 26.1 Å². The highest BCUT2D eigenvalue weighted by molar-refractivity contribution is 7.89. The molecule has 0 saturated carbocycles. The zero-order chi connectivity index (χ0) is 24.9. The van der Waals surface area contributed by atoms with Crippen molar-refractivity contribution in [3.05, 3.63) is 82.4 Å². The summed E-state index contributed by atoms with van der Waals surface area (Å²) < 4.78 is 38.3. The number of carbonyl (C=O) groups is 1. The van der Waals surface area contributed by atoms with Crippen molar-refractivity contribution < 1.29 is 22.7 Å². The number of aryl methyl sites for hydroxylation is 1. The number of anilines is 1. The number of nitrogens with one attached hydrogen (secondary N) is 1. The van der Waals surface area contributed by atoms with E-state index in [-0.39, 0.29) is 11.4 Å². The van der Waals surface area contributed by atoms with Gasteiger partial charge in [0, 0.05) is 29.7 Å². The molecule has 0 aromatic heterocycles. The average Bonchev–Trinajstić information content (AvgIpc) is 2.80. The summed E-state index contributed by atoms with van der Waals surface area (Å²) in [6.07, 6.45) is 0. The smallest absolute Gasteiger partial charge is 0.255 e. The Morgan fingerprint density at radius 1 is 1.03 bits per heavy atom. The fraction of sp³-hybridized carbons (Fsp3) is 0.240. The molecule has 0 aliphatic heterocycles. The van der Waals surface area contributed by atoms with E-state index in [1.165, 1.54) is 18.5 Å². The lowest BCUT2D eigenvalue weighted by Crippen LogP contribution is -2.27. The average molecular weight is 503 g/mol. The standard InChI is InChI=1S/C25H27ClN2O5S/c1-5-33-23-12-8-18(25(29)27-22-15-20(26)9-13-24(22)32-4)14-19(23)16-28(3)34(30,31)21-10-6-17(2)7-11-21/h6-15H,5,16H2,1-4H3,(H,27,29).